The first kappa shape index (κ1) is 13.8. The fourth-order valence-electron chi connectivity index (χ4n) is 2.88. The SMILES string of the molecule is Cc1ccc(C)c(CC(O)c2cccc3ccccc23)c1. The molecule has 0 amide bonds. The number of aliphatic hydroxyl groups excluding tert-OH is 1. The monoisotopic (exact) mass is 276 g/mol. The van der Waals surface area contributed by atoms with Crippen molar-refractivity contribution in [3.63, 3.8) is 0 Å². The summed E-state index contributed by atoms with van der Waals surface area (Å²) in [6.45, 7) is 4.19. The molecule has 3 aromatic carbocycles. The number of aryl methyl sites for hydroxylation is 2. The third-order valence-electron chi connectivity index (χ3n) is 4.10. The van der Waals surface area contributed by atoms with E-state index in [0.717, 1.165) is 10.9 Å². The average molecular weight is 276 g/mol. The van der Waals surface area contributed by atoms with Crippen LogP contribution in [0.5, 0.6) is 0 Å². The van der Waals surface area contributed by atoms with Crippen LogP contribution < -0.4 is 0 Å². The number of hydrogen-bond acceptors (Lipinski definition) is 1. The molecule has 0 aromatic heterocycles. The lowest BCUT2D eigenvalue weighted by Crippen LogP contribution is -2.04. The molecule has 0 saturated carbocycles. The minimum Gasteiger partial charge on any atom is -0.388 e. The molecule has 3 aromatic rings. The summed E-state index contributed by atoms with van der Waals surface area (Å²) in [4.78, 5) is 0. The van der Waals surface area contributed by atoms with Gasteiger partial charge in [-0.05, 0) is 41.3 Å². The van der Waals surface area contributed by atoms with Gasteiger partial charge < -0.3 is 5.11 Å². The normalized spacial score (nSPS) is 12.5. The Morgan fingerprint density at radius 2 is 1.67 bits per heavy atom. The van der Waals surface area contributed by atoms with Crippen LogP contribution in [0.1, 0.15) is 28.4 Å². The standard InChI is InChI=1S/C20H20O/c1-14-10-11-15(2)17(12-14)13-20(21)19-9-5-7-16-6-3-4-8-18(16)19/h3-12,20-21H,13H2,1-2H3. The highest BCUT2D eigenvalue weighted by atomic mass is 16.3. The molecule has 1 atom stereocenters. The van der Waals surface area contributed by atoms with Crippen molar-refractivity contribution < 1.29 is 5.11 Å². The van der Waals surface area contributed by atoms with Crippen LogP contribution in [0.2, 0.25) is 0 Å². The zero-order valence-corrected chi connectivity index (χ0v) is 12.5. The lowest BCUT2D eigenvalue weighted by molar-refractivity contribution is 0.180. The Morgan fingerprint density at radius 3 is 2.52 bits per heavy atom. The van der Waals surface area contributed by atoms with Crippen molar-refractivity contribution >= 4 is 10.8 Å². The van der Waals surface area contributed by atoms with E-state index in [9.17, 15) is 5.11 Å². The van der Waals surface area contributed by atoms with Gasteiger partial charge in [0.2, 0.25) is 0 Å². The van der Waals surface area contributed by atoms with Gasteiger partial charge in [0, 0.05) is 6.42 Å². The van der Waals surface area contributed by atoms with E-state index in [1.807, 2.05) is 24.3 Å². The molecule has 0 aliphatic rings. The molecule has 0 aliphatic heterocycles. The summed E-state index contributed by atoms with van der Waals surface area (Å²) in [5.41, 5.74) is 4.70. The van der Waals surface area contributed by atoms with Crippen LogP contribution in [0.15, 0.2) is 60.7 Å². The first-order valence-electron chi connectivity index (χ1n) is 7.37. The number of aliphatic hydroxyl groups is 1. The van der Waals surface area contributed by atoms with Crippen LogP contribution in [-0.4, -0.2) is 5.11 Å². The maximum atomic E-state index is 10.7. The van der Waals surface area contributed by atoms with Crippen molar-refractivity contribution in [1.82, 2.24) is 0 Å². The zero-order chi connectivity index (χ0) is 14.8. The second kappa shape index (κ2) is 5.71. The Labute approximate surface area is 125 Å². The Balaban J connectivity index is 1.97. The predicted octanol–water partition coefficient (Wildman–Crippen LogP) is 4.73. The van der Waals surface area contributed by atoms with Crippen molar-refractivity contribution in [2.75, 3.05) is 0 Å². The predicted molar refractivity (Wildman–Crippen MR) is 88.5 cm³/mol. The molecule has 0 radical (unpaired) electrons. The summed E-state index contributed by atoms with van der Waals surface area (Å²) in [5, 5.41) is 13.0. The molecule has 3 rings (SSSR count). The van der Waals surface area contributed by atoms with Gasteiger partial charge in [0.25, 0.3) is 0 Å². The smallest absolute Gasteiger partial charge is 0.0836 e. The molecule has 0 fully saturated rings. The molecule has 21 heavy (non-hydrogen) atoms. The van der Waals surface area contributed by atoms with E-state index in [1.165, 1.54) is 22.1 Å². The van der Waals surface area contributed by atoms with E-state index in [4.69, 9.17) is 0 Å². The first-order chi connectivity index (χ1) is 10.1. The van der Waals surface area contributed by atoms with Crippen LogP contribution in [0, 0.1) is 13.8 Å². The van der Waals surface area contributed by atoms with Gasteiger partial charge in [-0.1, -0.05) is 66.2 Å². The van der Waals surface area contributed by atoms with Crippen LogP contribution in [0.3, 0.4) is 0 Å². The van der Waals surface area contributed by atoms with Gasteiger partial charge in [-0.15, -0.1) is 0 Å². The summed E-state index contributed by atoms with van der Waals surface area (Å²) in [6.07, 6.45) is 0.179. The molecule has 0 heterocycles. The van der Waals surface area contributed by atoms with Gasteiger partial charge >= 0.3 is 0 Å². The van der Waals surface area contributed by atoms with Crippen molar-refractivity contribution in [2.24, 2.45) is 0 Å². The quantitative estimate of drug-likeness (QED) is 0.733. The fraction of sp³-hybridized carbons (Fsp3) is 0.200. The van der Waals surface area contributed by atoms with Gasteiger partial charge in [-0.25, -0.2) is 0 Å². The van der Waals surface area contributed by atoms with Gasteiger partial charge in [-0.3, -0.25) is 0 Å². The highest BCUT2D eigenvalue weighted by Gasteiger charge is 2.13. The van der Waals surface area contributed by atoms with Gasteiger partial charge in [0.1, 0.15) is 0 Å². The molecular formula is C20H20O. The van der Waals surface area contributed by atoms with E-state index in [0.29, 0.717) is 6.42 Å². The van der Waals surface area contributed by atoms with Crippen LogP contribution in [0.25, 0.3) is 10.8 Å². The summed E-state index contributed by atoms with van der Waals surface area (Å²) < 4.78 is 0. The Morgan fingerprint density at radius 1 is 0.905 bits per heavy atom. The third-order valence-corrected chi connectivity index (χ3v) is 4.10. The van der Waals surface area contributed by atoms with Crippen LogP contribution in [-0.2, 0) is 6.42 Å². The topological polar surface area (TPSA) is 20.2 Å². The molecule has 0 spiro atoms. The minimum atomic E-state index is -0.475. The Bertz CT molecular complexity index is 768. The van der Waals surface area contributed by atoms with E-state index < -0.39 is 6.10 Å². The van der Waals surface area contributed by atoms with E-state index in [-0.39, 0.29) is 0 Å². The molecular weight excluding hydrogens is 256 g/mol. The largest absolute Gasteiger partial charge is 0.388 e. The van der Waals surface area contributed by atoms with E-state index >= 15 is 0 Å². The van der Waals surface area contributed by atoms with Crippen molar-refractivity contribution in [1.29, 1.82) is 0 Å². The van der Waals surface area contributed by atoms with E-state index in [2.05, 4.69) is 50.2 Å². The second-order valence-electron chi connectivity index (χ2n) is 5.72. The summed E-state index contributed by atoms with van der Waals surface area (Å²) >= 11 is 0. The third kappa shape index (κ3) is 2.84. The van der Waals surface area contributed by atoms with Crippen molar-refractivity contribution in [2.45, 2.75) is 26.4 Å². The van der Waals surface area contributed by atoms with Gasteiger partial charge in [0.05, 0.1) is 6.10 Å². The summed E-state index contributed by atoms with van der Waals surface area (Å²) in [6, 6.07) is 20.8. The van der Waals surface area contributed by atoms with Gasteiger partial charge in [-0.2, -0.15) is 0 Å². The molecule has 1 heteroatoms. The molecule has 0 aliphatic carbocycles. The Kier molecular flexibility index (Phi) is 3.76. The first-order valence-corrected chi connectivity index (χ1v) is 7.37. The number of hydrogen-bond donors (Lipinski definition) is 1. The van der Waals surface area contributed by atoms with E-state index in [1.54, 1.807) is 0 Å². The number of fused-ring (bicyclic) bond motifs is 1. The molecule has 106 valence electrons. The molecule has 0 saturated heterocycles. The van der Waals surface area contributed by atoms with Gasteiger partial charge in [0.15, 0.2) is 0 Å². The highest BCUT2D eigenvalue weighted by molar-refractivity contribution is 5.86. The second-order valence-corrected chi connectivity index (χ2v) is 5.72. The lowest BCUT2D eigenvalue weighted by Gasteiger charge is -2.16. The van der Waals surface area contributed by atoms with Crippen LogP contribution >= 0.6 is 0 Å². The maximum Gasteiger partial charge on any atom is 0.0836 e. The zero-order valence-electron chi connectivity index (χ0n) is 12.5. The van der Waals surface area contributed by atoms with Crippen LogP contribution in [0.4, 0.5) is 0 Å². The molecule has 1 unspecified atom stereocenters. The summed E-state index contributed by atoms with van der Waals surface area (Å²) in [7, 11) is 0. The summed E-state index contributed by atoms with van der Waals surface area (Å²) in [5.74, 6) is 0. The van der Waals surface area contributed by atoms with Crippen molar-refractivity contribution in [3.8, 4) is 0 Å². The minimum absolute atomic E-state index is 0.475. The molecule has 0 bridgehead atoms. The molecule has 1 N–H and O–H groups in total. The Hall–Kier alpha value is -2.12. The average Bonchev–Trinajstić information content (AvgIpc) is 2.50. The van der Waals surface area contributed by atoms with Crippen molar-refractivity contribution in [3.05, 3.63) is 82.9 Å². The maximum absolute atomic E-state index is 10.7. The number of rotatable bonds is 3. The lowest BCUT2D eigenvalue weighted by atomic mass is 9.94. The fourth-order valence-corrected chi connectivity index (χ4v) is 2.88. The number of benzene rings is 3. The molecule has 1 nitrogen and oxygen atoms in total. The highest BCUT2D eigenvalue weighted by Crippen LogP contribution is 2.27.